The van der Waals surface area contributed by atoms with Gasteiger partial charge in [-0.25, -0.2) is 5.43 Å². The average Bonchev–Trinajstić information content (AvgIpc) is 3.02. The van der Waals surface area contributed by atoms with Crippen LogP contribution in [-0.4, -0.2) is 52.5 Å². The monoisotopic (exact) mass is 535 g/mol. The van der Waals surface area contributed by atoms with Crippen molar-refractivity contribution in [1.82, 2.24) is 15.0 Å². The van der Waals surface area contributed by atoms with E-state index in [1.54, 1.807) is 18.2 Å². The van der Waals surface area contributed by atoms with E-state index in [1.165, 1.54) is 19.1 Å². The molecule has 1 aromatic heterocycles. The van der Waals surface area contributed by atoms with Crippen molar-refractivity contribution in [3.05, 3.63) is 66.2 Å². The zero-order valence-corrected chi connectivity index (χ0v) is 22.4. The van der Waals surface area contributed by atoms with E-state index in [9.17, 15) is 5.11 Å². The van der Waals surface area contributed by atoms with E-state index < -0.39 is 0 Å². The Morgan fingerprint density at radius 3 is 2.12 bits per heavy atom. The van der Waals surface area contributed by atoms with Gasteiger partial charge in [-0.3, -0.25) is 0 Å². The van der Waals surface area contributed by atoms with Crippen molar-refractivity contribution < 1.29 is 5.11 Å². The van der Waals surface area contributed by atoms with Gasteiger partial charge in [0.2, 0.25) is 17.8 Å². The molecular formula is C30H33N9O. The van der Waals surface area contributed by atoms with Gasteiger partial charge >= 0.3 is 0 Å². The fraction of sp³-hybridized carbons (Fsp3) is 0.333. The first-order chi connectivity index (χ1) is 19.7. The summed E-state index contributed by atoms with van der Waals surface area (Å²) in [5.41, 5.74) is 4.86. The van der Waals surface area contributed by atoms with Gasteiger partial charge in [-0.2, -0.15) is 25.2 Å². The van der Waals surface area contributed by atoms with Crippen LogP contribution < -0.4 is 15.2 Å². The number of phenols is 1. The molecule has 0 unspecified atom stereocenters. The van der Waals surface area contributed by atoms with Gasteiger partial charge in [-0.05, 0) is 68.2 Å². The fourth-order valence-corrected chi connectivity index (χ4v) is 5.15. The second kappa shape index (κ2) is 12.1. The van der Waals surface area contributed by atoms with Gasteiger partial charge in [0.1, 0.15) is 5.75 Å². The molecule has 0 saturated carbocycles. The first-order valence-corrected chi connectivity index (χ1v) is 14.0. The minimum absolute atomic E-state index is 0.0910. The molecule has 4 aromatic rings. The Balaban J connectivity index is 1.21. The standard InChI is InChI=1S/C30H33N9O/c40-27-15-14-24(35-36-26-13-9-11-22-10-3-4-12-25(22)26)20-23(27)21-31-37-28-32-29(38-16-5-1-6-17-38)34-30(33-28)39-18-7-2-8-19-39/h3-4,9-15,20-21,40H,1-2,5-8,16-19H2,(H,32,33,34,37)/b31-21-,36-35?. The molecule has 6 rings (SSSR count). The fourth-order valence-electron chi connectivity index (χ4n) is 5.15. The number of azo groups is 1. The minimum atomic E-state index is 0.0910. The Morgan fingerprint density at radius 1 is 0.725 bits per heavy atom. The molecule has 2 N–H and O–H groups in total. The molecule has 0 spiro atoms. The lowest BCUT2D eigenvalue weighted by Crippen LogP contribution is -2.34. The predicted octanol–water partition coefficient (Wildman–Crippen LogP) is 6.57. The molecule has 40 heavy (non-hydrogen) atoms. The zero-order chi connectivity index (χ0) is 27.1. The lowest BCUT2D eigenvalue weighted by molar-refractivity contribution is 0.474. The van der Waals surface area contributed by atoms with Gasteiger partial charge in [0.05, 0.1) is 17.6 Å². The zero-order valence-electron chi connectivity index (χ0n) is 22.4. The summed E-state index contributed by atoms with van der Waals surface area (Å²) in [5.74, 6) is 1.85. The Kier molecular flexibility index (Phi) is 7.74. The van der Waals surface area contributed by atoms with Crippen LogP contribution in [0.1, 0.15) is 44.1 Å². The molecule has 0 aliphatic carbocycles. The number of hydrogen-bond acceptors (Lipinski definition) is 10. The lowest BCUT2D eigenvalue weighted by Gasteiger charge is -2.30. The second-order valence-corrected chi connectivity index (χ2v) is 10.2. The highest BCUT2D eigenvalue weighted by Crippen LogP contribution is 2.29. The Bertz CT molecular complexity index is 1480. The maximum atomic E-state index is 10.4. The number of piperidine rings is 2. The molecule has 2 aliphatic heterocycles. The number of phenolic OH excluding ortho intramolecular Hbond substituents is 1. The number of anilines is 3. The molecule has 2 fully saturated rings. The SMILES string of the molecule is Oc1ccc(N=Nc2cccc3ccccc23)cc1/C=N\Nc1nc(N2CCCCC2)nc(N2CCCCC2)n1. The van der Waals surface area contributed by atoms with Gasteiger partial charge in [-0.1, -0.05) is 36.4 Å². The van der Waals surface area contributed by atoms with E-state index in [-0.39, 0.29) is 5.75 Å². The van der Waals surface area contributed by atoms with Crippen LogP contribution in [-0.2, 0) is 0 Å². The molecule has 10 heteroatoms. The molecule has 204 valence electrons. The van der Waals surface area contributed by atoms with Gasteiger partial charge in [0.15, 0.2) is 0 Å². The molecule has 2 saturated heterocycles. The van der Waals surface area contributed by atoms with Crippen LogP contribution in [0.2, 0.25) is 0 Å². The van der Waals surface area contributed by atoms with Crippen molar-refractivity contribution in [3.8, 4) is 5.75 Å². The Morgan fingerprint density at radius 2 is 1.40 bits per heavy atom. The summed E-state index contributed by atoms with van der Waals surface area (Å²) < 4.78 is 0. The number of hydrogen-bond donors (Lipinski definition) is 2. The van der Waals surface area contributed by atoms with E-state index in [4.69, 9.17) is 4.98 Å². The Labute approximate surface area is 233 Å². The molecule has 3 heterocycles. The van der Waals surface area contributed by atoms with Crippen LogP contribution in [0.5, 0.6) is 5.75 Å². The quantitative estimate of drug-likeness (QED) is 0.156. The largest absolute Gasteiger partial charge is 0.507 e. The maximum Gasteiger partial charge on any atom is 0.250 e. The summed E-state index contributed by atoms with van der Waals surface area (Å²) in [4.78, 5) is 18.6. The number of nitrogens with one attached hydrogen (secondary N) is 1. The van der Waals surface area contributed by atoms with Crippen LogP contribution in [0.4, 0.5) is 29.2 Å². The van der Waals surface area contributed by atoms with Gasteiger partial charge < -0.3 is 14.9 Å². The van der Waals surface area contributed by atoms with Crippen molar-refractivity contribution in [2.45, 2.75) is 38.5 Å². The molecule has 2 aliphatic rings. The van der Waals surface area contributed by atoms with Crippen molar-refractivity contribution in [1.29, 1.82) is 0 Å². The molecule has 0 amide bonds. The highest BCUT2D eigenvalue weighted by molar-refractivity contribution is 5.92. The van der Waals surface area contributed by atoms with E-state index in [1.807, 2.05) is 42.5 Å². The molecule has 0 radical (unpaired) electrons. The lowest BCUT2D eigenvalue weighted by atomic mass is 10.1. The summed E-state index contributed by atoms with van der Waals surface area (Å²) in [7, 11) is 0. The first kappa shape index (κ1) is 25.7. The topological polar surface area (TPSA) is 114 Å². The van der Waals surface area contributed by atoms with Crippen molar-refractivity contribution in [3.63, 3.8) is 0 Å². The highest BCUT2D eigenvalue weighted by atomic mass is 16.3. The smallest absolute Gasteiger partial charge is 0.250 e. The normalized spacial score (nSPS) is 16.3. The van der Waals surface area contributed by atoms with E-state index in [0.717, 1.165) is 68.3 Å². The van der Waals surface area contributed by atoms with Gasteiger partial charge in [0, 0.05) is 37.1 Å². The Hall–Kier alpha value is -4.60. The molecule has 10 nitrogen and oxygen atoms in total. The van der Waals surface area contributed by atoms with Crippen LogP contribution in [0.25, 0.3) is 10.8 Å². The number of nitrogens with zero attached hydrogens (tertiary/aromatic N) is 8. The molecule has 0 atom stereocenters. The third-order valence-corrected chi connectivity index (χ3v) is 7.31. The van der Waals surface area contributed by atoms with Crippen LogP contribution in [0.3, 0.4) is 0 Å². The van der Waals surface area contributed by atoms with E-state index >= 15 is 0 Å². The third-order valence-electron chi connectivity index (χ3n) is 7.31. The van der Waals surface area contributed by atoms with E-state index in [2.05, 4.69) is 40.5 Å². The summed E-state index contributed by atoms with van der Waals surface area (Å²) in [6, 6.07) is 19.1. The number of aromatic hydroxyl groups is 1. The van der Waals surface area contributed by atoms with Crippen LogP contribution >= 0.6 is 0 Å². The second-order valence-electron chi connectivity index (χ2n) is 10.2. The van der Waals surface area contributed by atoms with Crippen LogP contribution in [0.15, 0.2) is 76.0 Å². The van der Waals surface area contributed by atoms with Gasteiger partial charge in [0.25, 0.3) is 0 Å². The van der Waals surface area contributed by atoms with Crippen molar-refractivity contribution in [2.75, 3.05) is 41.4 Å². The maximum absolute atomic E-state index is 10.4. The first-order valence-electron chi connectivity index (χ1n) is 14.0. The van der Waals surface area contributed by atoms with Crippen molar-refractivity contribution in [2.24, 2.45) is 15.3 Å². The number of hydrazone groups is 1. The minimum Gasteiger partial charge on any atom is -0.507 e. The van der Waals surface area contributed by atoms with Crippen molar-refractivity contribution >= 4 is 46.2 Å². The number of benzene rings is 3. The van der Waals surface area contributed by atoms with E-state index in [0.29, 0.717) is 29.1 Å². The van der Waals surface area contributed by atoms with Crippen LogP contribution in [0, 0.1) is 0 Å². The van der Waals surface area contributed by atoms with Gasteiger partial charge in [-0.15, -0.1) is 5.11 Å². The summed E-state index contributed by atoms with van der Waals surface area (Å²) in [6.07, 6.45) is 8.56. The molecule has 3 aromatic carbocycles. The number of aromatic nitrogens is 3. The average molecular weight is 536 g/mol. The number of fused-ring (bicyclic) bond motifs is 1. The predicted molar refractivity (Wildman–Crippen MR) is 159 cm³/mol. The molecular weight excluding hydrogens is 502 g/mol. The number of rotatable bonds is 7. The molecule has 0 bridgehead atoms. The summed E-state index contributed by atoms with van der Waals surface area (Å²) in [5, 5.41) is 25.8. The highest BCUT2D eigenvalue weighted by Gasteiger charge is 2.20. The summed E-state index contributed by atoms with van der Waals surface area (Å²) >= 11 is 0. The summed E-state index contributed by atoms with van der Waals surface area (Å²) in [6.45, 7) is 3.78. The third kappa shape index (κ3) is 6.01.